The molecule has 1 amide bonds. The lowest BCUT2D eigenvalue weighted by Gasteiger charge is -2.64. The Balaban J connectivity index is 1.02. The number of nitrogens with one attached hydrogen (secondary N) is 1. The van der Waals surface area contributed by atoms with Crippen molar-refractivity contribution in [3.05, 3.63) is 82.7 Å². The van der Waals surface area contributed by atoms with E-state index in [0.29, 0.717) is 18.4 Å². The van der Waals surface area contributed by atoms with Crippen molar-refractivity contribution in [2.75, 3.05) is 25.5 Å². The van der Waals surface area contributed by atoms with E-state index in [1.54, 1.807) is 10.7 Å². The summed E-state index contributed by atoms with van der Waals surface area (Å²) in [5.41, 5.74) is 1.63. The van der Waals surface area contributed by atoms with E-state index in [1.807, 2.05) is 68.6 Å². The molecule has 9 atom stereocenters. The van der Waals surface area contributed by atoms with E-state index < -0.39 is 34.0 Å². The number of fused-ring (bicyclic) bond motifs is 8. The number of aromatic nitrogens is 2. The standard InChI is InChI=1S/C39H44FN3O6/c1-23-7-5-9-28(13-23)41-34(45)25-8-6-10-29(15-25)43-19-26-17-35(3)27(16-32(26)42-43)11-12-30-31-14-24(2)39(36(31,4)18-33(44)38(30,35)40)37(48-22-49-39)20-46-21-47-37/h5-10,13,15-16,19,24,30-31,33,44H,11-12,14,17-18,20-22H2,1-4H3,(H,41,45)/t24-,30-,31-,33-,35-,36-,37?,38-,39+/m0/s1. The second kappa shape index (κ2) is 10.6. The smallest absolute Gasteiger partial charge is 0.255 e. The van der Waals surface area contributed by atoms with Crippen LogP contribution in [0, 0.1) is 35.5 Å². The first-order chi connectivity index (χ1) is 23.4. The number of allylic oxidation sites excluding steroid dienone is 1. The number of aliphatic hydroxyl groups is 1. The van der Waals surface area contributed by atoms with Crippen molar-refractivity contribution in [3.8, 4) is 5.69 Å². The van der Waals surface area contributed by atoms with Gasteiger partial charge < -0.3 is 29.4 Å². The Morgan fingerprint density at radius 2 is 1.90 bits per heavy atom. The van der Waals surface area contributed by atoms with Gasteiger partial charge in [-0.1, -0.05) is 44.5 Å². The number of carbonyl (C=O) groups is 1. The van der Waals surface area contributed by atoms with Gasteiger partial charge in [-0.05, 0) is 98.4 Å². The van der Waals surface area contributed by atoms with Crippen LogP contribution in [0.1, 0.15) is 73.6 Å². The number of aliphatic hydroxyl groups excluding tert-OH is 1. The summed E-state index contributed by atoms with van der Waals surface area (Å²) in [5.74, 6) is -1.63. The van der Waals surface area contributed by atoms with Crippen LogP contribution in [-0.4, -0.2) is 64.1 Å². The molecule has 5 fully saturated rings. The molecule has 3 saturated carbocycles. The Kier molecular flexibility index (Phi) is 6.80. The molecule has 2 N–H and O–H groups in total. The second-order valence-corrected chi connectivity index (χ2v) is 15.8. The van der Waals surface area contributed by atoms with E-state index in [9.17, 15) is 9.90 Å². The number of ether oxygens (including phenoxy) is 4. The van der Waals surface area contributed by atoms with Gasteiger partial charge in [0.1, 0.15) is 17.9 Å². The minimum absolute atomic E-state index is 0.0249. The molecule has 6 aliphatic rings. The zero-order valence-corrected chi connectivity index (χ0v) is 28.5. The fraction of sp³-hybridized carbons (Fsp3) is 0.538. The number of alkyl halides is 1. The van der Waals surface area contributed by atoms with Crippen LogP contribution < -0.4 is 5.32 Å². The third kappa shape index (κ3) is 4.03. The molecule has 9 rings (SSSR count). The Bertz CT molecular complexity index is 1880. The molecule has 2 aromatic carbocycles. The van der Waals surface area contributed by atoms with Crippen LogP contribution in [-0.2, 0) is 25.4 Å². The first-order valence-electron chi connectivity index (χ1n) is 17.6. The molecule has 258 valence electrons. The number of anilines is 1. The molecule has 2 aliphatic heterocycles. The van der Waals surface area contributed by atoms with Gasteiger partial charge in [0, 0.05) is 34.2 Å². The first kappa shape index (κ1) is 31.6. The third-order valence-electron chi connectivity index (χ3n) is 13.5. The number of halogens is 1. The first-order valence-corrected chi connectivity index (χ1v) is 17.6. The molecular formula is C39H44FN3O6. The van der Waals surface area contributed by atoms with Crippen molar-refractivity contribution in [1.29, 1.82) is 0 Å². The highest BCUT2D eigenvalue weighted by Gasteiger charge is 2.81. The van der Waals surface area contributed by atoms with Gasteiger partial charge in [-0.2, -0.15) is 5.10 Å². The summed E-state index contributed by atoms with van der Waals surface area (Å²) in [6.45, 7) is 8.80. The second-order valence-electron chi connectivity index (χ2n) is 15.8. The minimum atomic E-state index is -1.85. The van der Waals surface area contributed by atoms with Gasteiger partial charge in [0.05, 0.1) is 17.5 Å². The zero-order chi connectivity index (χ0) is 34.0. The molecule has 1 aromatic heterocycles. The van der Waals surface area contributed by atoms with E-state index >= 15 is 4.39 Å². The maximum absolute atomic E-state index is 18.4. The number of hydrogen-bond acceptors (Lipinski definition) is 7. The van der Waals surface area contributed by atoms with Crippen molar-refractivity contribution in [2.45, 2.75) is 83.0 Å². The molecule has 3 heterocycles. The Morgan fingerprint density at radius 1 is 1.08 bits per heavy atom. The van der Waals surface area contributed by atoms with E-state index in [-0.39, 0.29) is 50.3 Å². The summed E-state index contributed by atoms with van der Waals surface area (Å²) in [6.07, 6.45) is 5.60. The van der Waals surface area contributed by atoms with Crippen LogP contribution in [0.4, 0.5) is 10.1 Å². The Morgan fingerprint density at radius 3 is 2.69 bits per heavy atom. The number of amides is 1. The van der Waals surface area contributed by atoms with Gasteiger partial charge in [-0.25, -0.2) is 9.07 Å². The zero-order valence-electron chi connectivity index (χ0n) is 28.5. The van der Waals surface area contributed by atoms with Crippen molar-refractivity contribution >= 4 is 17.7 Å². The monoisotopic (exact) mass is 669 g/mol. The predicted octanol–water partition coefficient (Wildman–Crippen LogP) is 6.37. The van der Waals surface area contributed by atoms with Crippen molar-refractivity contribution in [1.82, 2.24) is 9.78 Å². The van der Waals surface area contributed by atoms with Gasteiger partial charge in [-0.3, -0.25) is 4.79 Å². The molecule has 3 aromatic rings. The lowest BCUT2D eigenvalue weighted by molar-refractivity contribution is -0.279. The van der Waals surface area contributed by atoms with E-state index in [1.165, 1.54) is 0 Å². The van der Waals surface area contributed by atoms with Crippen LogP contribution in [0.2, 0.25) is 0 Å². The van der Waals surface area contributed by atoms with Gasteiger partial charge in [0.15, 0.2) is 13.6 Å². The average molecular weight is 670 g/mol. The fourth-order valence-corrected chi connectivity index (χ4v) is 11.4. The molecule has 0 radical (unpaired) electrons. The molecule has 10 heteroatoms. The minimum Gasteiger partial charge on any atom is -0.390 e. The molecule has 0 bridgehead atoms. The molecule has 4 aliphatic carbocycles. The number of aryl methyl sites for hydroxylation is 1. The summed E-state index contributed by atoms with van der Waals surface area (Å²) in [6, 6.07) is 15.1. The number of hydrogen-bond donors (Lipinski definition) is 2. The van der Waals surface area contributed by atoms with Crippen LogP contribution in [0.15, 0.2) is 60.3 Å². The van der Waals surface area contributed by atoms with E-state index in [0.717, 1.165) is 46.6 Å². The van der Waals surface area contributed by atoms with Crippen LogP contribution >= 0.6 is 0 Å². The number of carbonyl (C=O) groups excluding carboxylic acids is 1. The molecule has 2 saturated heterocycles. The Labute approximate surface area is 285 Å². The summed E-state index contributed by atoms with van der Waals surface area (Å²) in [5, 5.41) is 20.0. The molecule has 49 heavy (non-hydrogen) atoms. The van der Waals surface area contributed by atoms with Gasteiger partial charge in [-0.15, -0.1) is 0 Å². The molecular weight excluding hydrogens is 625 g/mol. The van der Waals surface area contributed by atoms with Gasteiger partial charge >= 0.3 is 0 Å². The summed E-state index contributed by atoms with van der Waals surface area (Å²) in [7, 11) is 0. The highest BCUT2D eigenvalue weighted by atomic mass is 19.1. The van der Waals surface area contributed by atoms with Gasteiger partial charge in [0.25, 0.3) is 5.91 Å². The van der Waals surface area contributed by atoms with Crippen molar-refractivity contribution in [3.63, 3.8) is 0 Å². The number of rotatable bonds is 3. The van der Waals surface area contributed by atoms with Crippen LogP contribution in [0.5, 0.6) is 0 Å². The summed E-state index contributed by atoms with van der Waals surface area (Å²) in [4.78, 5) is 13.1. The average Bonchev–Trinajstić information content (AvgIpc) is 3.85. The largest absolute Gasteiger partial charge is 0.390 e. The van der Waals surface area contributed by atoms with Crippen LogP contribution in [0.25, 0.3) is 11.8 Å². The quantitative estimate of drug-likeness (QED) is 0.334. The number of nitrogens with zero attached hydrogens (tertiary/aromatic N) is 2. The molecule has 1 unspecified atom stereocenters. The Hall–Kier alpha value is -3.41. The molecule has 9 nitrogen and oxygen atoms in total. The summed E-state index contributed by atoms with van der Waals surface area (Å²) < 4.78 is 44.8. The maximum atomic E-state index is 18.4. The van der Waals surface area contributed by atoms with E-state index in [2.05, 4.69) is 19.2 Å². The highest BCUT2D eigenvalue weighted by molar-refractivity contribution is 6.04. The summed E-state index contributed by atoms with van der Waals surface area (Å²) >= 11 is 0. The lowest BCUT2D eigenvalue weighted by Crippen LogP contribution is -2.72. The lowest BCUT2D eigenvalue weighted by atomic mass is 9.43. The van der Waals surface area contributed by atoms with Crippen LogP contribution in [0.3, 0.4) is 0 Å². The van der Waals surface area contributed by atoms with E-state index in [4.69, 9.17) is 24.0 Å². The molecule has 2 spiro atoms. The van der Waals surface area contributed by atoms with Crippen molar-refractivity contribution < 1.29 is 33.2 Å². The predicted molar refractivity (Wildman–Crippen MR) is 179 cm³/mol. The normalized spacial score (nSPS) is 40.5. The van der Waals surface area contributed by atoms with Crippen molar-refractivity contribution in [2.24, 2.45) is 28.6 Å². The highest BCUT2D eigenvalue weighted by Crippen LogP contribution is 2.74. The fourth-order valence-electron chi connectivity index (χ4n) is 11.4. The number of benzene rings is 2. The SMILES string of the molecule is Cc1cccc(NC(=O)c2cccc(-n3cc4c(n3)C=C3CC[C@H]5[C@@H]6C[C@H](C)[C@@]7(OCOC78COCO8)[C@@]6(C)C[C@H](O)[C@]5(F)[C@@]3(C)C4)c2)c1. The maximum Gasteiger partial charge on any atom is 0.255 e. The van der Waals surface area contributed by atoms with Gasteiger partial charge in [0.2, 0.25) is 5.79 Å². The topological polar surface area (TPSA) is 104 Å². The third-order valence-corrected chi connectivity index (χ3v) is 13.5.